The standard InChI is InChI=1S/C12H18N4S/c1-3-14-12(8-13,10-4-5-10)9-17-11-6-15-16(2)7-11/h6-7,10,14H,3-5,9H2,1-2H3. The van der Waals surface area contributed by atoms with Crippen molar-refractivity contribution in [2.45, 2.75) is 30.2 Å². The van der Waals surface area contributed by atoms with Gasteiger partial charge in [0.15, 0.2) is 0 Å². The van der Waals surface area contributed by atoms with Gasteiger partial charge < -0.3 is 0 Å². The van der Waals surface area contributed by atoms with Crippen molar-refractivity contribution in [1.82, 2.24) is 15.1 Å². The Kier molecular flexibility index (Phi) is 3.75. The average molecular weight is 250 g/mol. The van der Waals surface area contributed by atoms with Crippen molar-refractivity contribution in [3.63, 3.8) is 0 Å². The highest BCUT2D eigenvalue weighted by Crippen LogP contribution is 2.42. The minimum absolute atomic E-state index is 0.352. The van der Waals surface area contributed by atoms with Crippen LogP contribution in [0.3, 0.4) is 0 Å². The molecule has 4 nitrogen and oxygen atoms in total. The molecule has 1 saturated carbocycles. The lowest BCUT2D eigenvalue weighted by Gasteiger charge is -2.26. The zero-order valence-electron chi connectivity index (χ0n) is 10.3. The van der Waals surface area contributed by atoms with Crippen LogP contribution in [0.25, 0.3) is 0 Å². The van der Waals surface area contributed by atoms with Gasteiger partial charge in [-0.3, -0.25) is 10.00 Å². The molecule has 1 aromatic rings. The summed E-state index contributed by atoms with van der Waals surface area (Å²) < 4.78 is 1.79. The molecule has 0 amide bonds. The molecule has 1 heterocycles. The van der Waals surface area contributed by atoms with E-state index in [1.54, 1.807) is 16.4 Å². The summed E-state index contributed by atoms with van der Waals surface area (Å²) in [5, 5.41) is 17.0. The van der Waals surface area contributed by atoms with Gasteiger partial charge in [0.1, 0.15) is 5.54 Å². The minimum atomic E-state index is -0.352. The molecule has 1 unspecified atom stereocenters. The van der Waals surface area contributed by atoms with E-state index in [4.69, 9.17) is 0 Å². The van der Waals surface area contributed by atoms with Gasteiger partial charge >= 0.3 is 0 Å². The van der Waals surface area contributed by atoms with E-state index < -0.39 is 0 Å². The van der Waals surface area contributed by atoms with Gasteiger partial charge in [0.2, 0.25) is 0 Å². The molecule has 1 aliphatic carbocycles. The fraction of sp³-hybridized carbons (Fsp3) is 0.667. The Morgan fingerprint density at radius 3 is 2.94 bits per heavy atom. The van der Waals surface area contributed by atoms with Crippen molar-refractivity contribution >= 4 is 11.8 Å². The number of thioether (sulfide) groups is 1. The van der Waals surface area contributed by atoms with Crippen molar-refractivity contribution in [2.75, 3.05) is 12.3 Å². The molecule has 0 spiro atoms. The number of hydrogen-bond donors (Lipinski definition) is 1. The fourth-order valence-corrected chi connectivity index (χ4v) is 3.18. The molecule has 0 saturated heterocycles. The molecule has 0 aliphatic heterocycles. The second-order valence-corrected chi connectivity index (χ2v) is 5.57. The maximum absolute atomic E-state index is 9.45. The average Bonchev–Trinajstić information content (AvgIpc) is 3.09. The number of nitrogens with one attached hydrogen (secondary N) is 1. The monoisotopic (exact) mass is 250 g/mol. The molecular formula is C12H18N4S. The molecule has 17 heavy (non-hydrogen) atoms. The highest BCUT2D eigenvalue weighted by molar-refractivity contribution is 7.99. The smallest absolute Gasteiger partial charge is 0.119 e. The summed E-state index contributed by atoms with van der Waals surface area (Å²) in [5.41, 5.74) is -0.352. The molecule has 1 aromatic heterocycles. The normalized spacial score (nSPS) is 18.6. The molecule has 2 rings (SSSR count). The van der Waals surface area contributed by atoms with Crippen LogP contribution in [0.15, 0.2) is 17.3 Å². The first kappa shape index (κ1) is 12.5. The molecule has 0 aromatic carbocycles. The number of hydrogen-bond acceptors (Lipinski definition) is 4. The third-order valence-corrected chi connectivity index (χ3v) is 4.26. The van der Waals surface area contributed by atoms with Crippen molar-refractivity contribution in [1.29, 1.82) is 5.26 Å². The van der Waals surface area contributed by atoms with Crippen LogP contribution in [0.4, 0.5) is 0 Å². The predicted octanol–water partition coefficient (Wildman–Crippen LogP) is 1.79. The minimum Gasteiger partial charge on any atom is -0.299 e. The SMILES string of the molecule is CCNC(C#N)(CSc1cnn(C)c1)C1CC1. The van der Waals surface area contributed by atoms with E-state index in [1.165, 1.54) is 12.8 Å². The number of nitrogens with zero attached hydrogens (tertiary/aromatic N) is 3. The van der Waals surface area contributed by atoms with Crippen LogP contribution in [0.2, 0.25) is 0 Å². The molecular weight excluding hydrogens is 232 g/mol. The molecule has 5 heteroatoms. The number of aryl methyl sites for hydroxylation is 1. The quantitative estimate of drug-likeness (QED) is 0.782. The van der Waals surface area contributed by atoms with E-state index in [0.29, 0.717) is 5.92 Å². The summed E-state index contributed by atoms with van der Waals surface area (Å²) in [6, 6.07) is 2.50. The topological polar surface area (TPSA) is 53.6 Å². The summed E-state index contributed by atoms with van der Waals surface area (Å²) in [7, 11) is 1.91. The Morgan fingerprint density at radius 1 is 1.71 bits per heavy atom. The Labute approximate surface area is 106 Å². The van der Waals surface area contributed by atoms with E-state index in [-0.39, 0.29) is 5.54 Å². The van der Waals surface area contributed by atoms with Gasteiger partial charge in [0, 0.05) is 23.9 Å². The van der Waals surface area contributed by atoms with Gasteiger partial charge in [0.05, 0.1) is 12.3 Å². The Morgan fingerprint density at radius 2 is 2.47 bits per heavy atom. The van der Waals surface area contributed by atoms with Crippen LogP contribution in [-0.2, 0) is 7.05 Å². The lowest BCUT2D eigenvalue weighted by atomic mass is 9.98. The molecule has 1 atom stereocenters. The second kappa shape index (κ2) is 5.11. The molecule has 0 bridgehead atoms. The van der Waals surface area contributed by atoms with Crippen molar-refractivity contribution in [3.8, 4) is 6.07 Å². The van der Waals surface area contributed by atoms with E-state index >= 15 is 0 Å². The summed E-state index contributed by atoms with van der Waals surface area (Å²) >= 11 is 1.71. The third-order valence-electron chi connectivity index (χ3n) is 3.11. The Hall–Kier alpha value is -0.990. The van der Waals surface area contributed by atoms with Crippen molar-refractivity contribution in [2.24, 2.45) is 13.0 Å². The third kappa shape index (κ3) is 2.82. The molecule has 1 aliphatic rings. The van der Waals surface area contributed by atoms with Gasteiger partial charge in [-0.05, 0) is 25.3 Å². The van der Waals surface area contributed by atoms with Crippen molar-refractivity contribution in [3.05, 3.63) is 12.4 Å². The summed E-state index contributed by atoms with van der Waals surface area (Å²) in [4.78, 5) is 1.13. The van der Waals surface area contributed by atoms with Gasteiger partial charge in [-0.15, -0.1) is 11.8 Å². The maximum Gasteiger partial charge on any atom is 0.119 e. The van der Waals surface area contributed by atoms with E-state index in [2.05, 4.69) is 23.4 Å². The summed E-state index contributed by atoms with van der Waals surface area (Å²) in [6.45, 7) is 2.90. The van der Waals surface area contributed by atoms with E-state index in [0.717, 1.165) is 17.2 Å². The number of rotatable bonds is 6. The van der Waals surface area contributed by atoms with Gasteiger partial charge in [-0.25, -0.2) is 0 Å². The molecule has 1 N–H and O–H groups in total. The van der Waals surface area contributed by atoms with Crippen LogP contribution in [0.1, 0.15) is 19.8 Å². The highest BCUT2D eigenvalue weighted by Gasteiger charge is 2.45. The Bertz CT molecular complexity index is 418. The van der Waals surface area contributed by atoms with Crippen LogP contribution in [-0.4, -0.2) is 27.6 Å². The van der Waals surface area contributed by atoms with Gasteiger partial charge in [-0.2, -0.15) is 10.4 Å². The lowest BCUT2D eigenvalue weighted by Crippen LogP contribution is -2.48. The largest absolute Gasteiger partial charge is 0.299 e. The maximum atomic E-state index is 9.45. The zero-order chi connectivity index (χ0) is 12.3. The first-order valence-electron chi connectivity index (χ1n) is 5.98. The zero-order valence-corrected chi connectivity index (χ0v) is 11.1. The predicted molar refractivity (Wildman–Crippen MR) is 68.7 cm³/mol. The summed E-state index contributed by atoms with van der Waals surface area (Å²) in [5.74, 6) is 1.32. The van der Waals surface area contributed by atoms with Gasteiger partial charge in [-0.1, -0.05) is 6.92 Å². The van der Waals surface area contributed by atoms with Crippen molar-refractivity contribution < 1.29 is 0 Å². The van der Waals surface area contributed by atoms with Crippen LogP contribution in [0.5, 0.6) is 0 Å². The highest BCUT2D eigenvalue weighted by atomic mass is 32.2. The van der Waals surface area contributed by atoms with Gasteiger partial charge in [0.25, 0.3) is 0 Å². The molecule has 92 valence electrons. The van der Waals surface area contributed by atoms with E-state index in [9.17, 15) is 5.26 Å². The first-order valence-corrected chi connectivity index (χ1v) is 6.96. The van der Waals surface area contributed by atoms with Crippen LogP contribution < -0.4 is 5.32 Å². The second-order valence-electron chi connectivity index (χ2n) is 4.53. The summed E-state index contributed by atoms with van der Waals surface area (Å²) in [6.07, 6.45) is 6.19. The molecule has 1 fully saturated rings. The fourth-order valence-electron chi connectivity index (χ4n) is 2.04. The molecule has 0 radical (unpaired) electrons. The van der Waals surface area contributed by atoms with Crippen LogP contribution in [0, 0.1) is 17.2 Å². The van der Waals surface area contributed by atoms with Crippen LogP contribution >= 0.6 is 11.8 Å². The first-order chi connectivity index (χ1) is 8.20. The van der Waals surface area contributed by atoms with E-state index in [1.807, 2.05) is 19.4 Å². The Balaban J connectivity index is 2.00. The number of aromatic nitrogens is 2. The number of nitriles is 1. The lowest BCUT2D eigenvalue weighted by molar-refractivity contribution is 0.416.